The number of hydrogen-bond donors (Lipinski definition) is 2. The lowest BCUT2D eigenvalue weighted by Crippen LogP contribution is -2.36. The van der Waals surface area contributed by atoms with Gasteiger partial charge in [0.05, 0.1) is 21.3 Å². The number of hydrogen-bond acceptors (Lipinski definition) is 5. The first kappa shape index (κ1) is 25.5. The van der Waals surface area contributed by atoms with Crippen molar-refractivity contribution in [3.8, 4) is 23.0 Å². The molecule has 0 aliphatic carbocycles. The van der Waals surface area contributed by atoms with E-state index in [4.69, 9.17) is 14.2 Å². The minimum atomic E-state index is -2.93. The van der Waals surface area contributed by atoms with E-state index in [0.29, 0.717) is 30.5 Å². The molecule has 0 aliphatic rings. The zero-order valence-electron chi connectivity index (χ0n) is 17.2. The van der Waals surface area contributed by atoms with E-state index in [0.717, 1.165) is 11.1 Å². The summed E-state index contributed by atoms with van der Waals surface area (Å²) in [6.45, 7) is -2.07. The molecule has 0 radical (unpaired) electrons. The van der Waals surface area contributed by atoms with E-state index in [-0.39, 0.29) is 35.5 Å². The number of methoxy groups -OCH3 is 3. The van der Waals surface area contributed by atoms with E-state index in [1.54, 1.807) is 33.4 Å². The first-order valence-corrected chi connectivity index (χ1v) is 8.77. The Balaban J connectivity index is 0.00000450. The third-order valence-electron chi connectivity index (χ3n) is 4.04. The third kappa shape index (κ3) is 7.39. The third-order valence-corrected chi connectivity index (χ3v) is 4.04. The molecule has 10 heteroatoms. The average Bonchev–Trinajstić information content (AvgIpc) is 2.73. The molecule has 2 aromatic carbocycles. The number of rotatable bonds is 9. The summed E-state index contributed by atoms with van der Waals surface area (Å²) in [7, 11) is 6.20. The van der Waals surface area contributed by atoms with Crippen LogP contribution >= 0.6 is 24.0 Å². The van der Waals surface area contributed by atoms with Gasteiger partial charge in [-0.05, 0) is 35.4 Å². The SMILES string of the molecule is CN=C(NCc1ccc(OC)c(OC)c1)NCc1ccc(OC)c(OC(F)F)c1.I. The molecule has 0 aromatic heterocycles. The molecule has 0 spiro atoms. The average molecular weight is 537 g/mol. The van der Waals surface area contributed by atoms with Crippen LogP contribution in [0.1, 0.15) is 11.1 Å². The van der Waals surface area contributed by atoms with Gasteiger partial charge in [-0.15, -0.1) is 24.0 Å². The van der Waals surface area contributed by atoms with E-state index in [2.05, 4.69) is 20.4 Å². The molecule has 0 heterocycles. The van der Waals surface area contributed by atoms with Gasteiger partial charge in [-0.1, -0.05) is 12.1 Å². The van der Waals surface area contributed by atoms with Crippen molar-refractivity contribution in [3.05, 3.63) is 47.5 Å². The van der Waals surface area contributed by atoms with Crippen LogP contribution in [-0.2, 0) is 13.1 Å². The molecule has 0 saturated carbocycles. The molecule has 0 atom stereocenters. The van der Waals surface area contributed by atoms with Crippen molar-refractivity contribution in [1.82, 2.24) is 10.6 Å². The molecule has 30 heavy (non-hydrogen) atoms. The second-order valence-electron chi connectivity index (χ2n) is 5.83. The largest absolute Gasteiger partial charge is 0.493 e. The Labute approximate surface area is 191 Å². The van der Waals surface area contributed by atoms with Crippen LogP contribution < -0.4 is 29.6 Å². The summed E-state index contributed by atoms with van der Waals surface area (Å²) in [6, 6.07) is 10.4. The van der Waals surface area contributed by atoms with E-state index in [1.165, 1.54) is 13.2 Å². The predicted octanol–water partition coefficient (Wildman–Crippen LogP) is 3.80. The standard InChI is InChI=1S/C20H25F2N3O4.HI/c1-23-20(24-11-13-5-7-15(26-2)17(9-13)28-4)25-12-14-6-8-16(27-3)18(10-14)29-19(21)22;/h5-10,19H,11-12H2,1-4H3,(H2,23,24,25);1H. The van der Waals surface area contributed by atoms with Crippen molar-refractivity contribution >= 4 is 29.9 Å². The van der Waals surface area contributed by atoms with Crippen LogP contribution in [0.15, 0.2) is 41.4 Å². The van der Waals surface area contributed by atoms with E-state index in [9.17, 15) is 8.78 Å². The van der Waals surface area contributed by atoms with E-state index >= 15 is 0 Å². The number of ether oxygens (including phenoxy) is 4. The number of nitrogens with one attached hydrogen (secondary N) is 2. The normalized spacial score (nSPS) is 10.8. The van der Waals surface area contributed by atoms with Crippen molar-refractivity contribution < 1.29 is 27.7 Å². The quantitative estimate of drug-likeness (QED) is 0.288. The minimum absolute atomic E-state index is 0. The van der Waals surface area contributed by atoms with Crippen molar-refractivity contribution in [2.24, 2.45) is 4.99 Å². The van der Waals surface area contributed by atoms with E-state index < -0.39 is 6.61 Å². The molecule has 0 saturated heterocycles. The van der Waals surface area contributed by atoms with Gasteiger partial charge in [-0.3, -0.25) is 4.99 Å². The van der Waals surface area contributed by atoms with Gasteiger partial charge in [0.1, 0.15) is 0 Å². The topological polar surface area (TPSA) is 73.3 Å². The fourth-order valence-corrected chi connectivity index (χ4v) is 2.60. The maximum absolute atomic E-state index is 12.6. The van der Waals surface area contributed by atoms with Crippen molar-refractivity contribution in [1.29, 1.82) is 0 Å². The van der Waals surface area contributed by atoms with Crippen LogP contribution in [0, 0.1) is 0 Å². The van der Waals surface area contributed by atoms with Gasteiger partial charge in [0.2, 0.25) is 0 Å². The van der Waals surface area contributed by atoms with Crippen LogP contribution in [0.4, 0.5) is 8.78 Å². The Bertz CT molecular complexity index is 838. The number of alkyl halides is 2. The summed E-state index contributed by atoms with van der Waals surface area (Å²) in [5.74, 6) is 2.06. The predicted molar refractivity (Wildman–Crippen MR) is 122 cm³/mol. The molecule has 2 rings (SSSR count). The fourth-order valence-electron chi connectivity index (χ4n) is 2.60. The van der Waals surface area contributed by atoms with Gasteiger partial charge in [-0.2, -0.15) is 8.78 Å². The van der Waals surface area contributed by atoms with Crippen LogP contribution in [-0.4, -0.2) is 40.9 Å². The number of benzene rings is 2. The number of guanidine groups is 1. The molecule has 0 aliphatic heterocycles. The zero-order chi connectivity index (χ0) is 21.2. The Morgan fingerprint density at radius 3 is 1.73 bits per heavy atom. The number of halogens is 3. The lowest BCUT2D eigenvalue weighted by atomic mass is 10.2. The maximum atomic E-state index is 12.6. The minimum Gasteiger partial charge on any atom is -0.493 e. The molecular weight excluding hydrogens is 511 g/mol. The van der Waals surface area contributed by atoms with Gasteiger partial charge in [-0.25, -0.2) is 0 Å². The smallest absolute Gasteiger partial charge is 0.387 e. The second-order valence-corrected chi connectivity index (χ2v) is 5.83. The second kappa shape index (κ2) is 12.9. The molecule has 0 unspecified atom stereocenters. The summed E-state index contributed by atoms with van der Waals surface area (Å²) in [5.41, 5.74) is 1.71. The van der Waals surface area contributed by atoms with Crippen LogP contribution in [0.25, 0.3) is 0 Å². The zero-order valence-corrected chi connectivity index (χ0v) is 19.5. The van der Waals surface area contributed by atoms with Gasteiger partial charge in [0.25, 0.3) is 0 Å². The monoisotopic (exact) mass is 537 g/mol. The van der Waals surface area contributed by atoms with Gasteiger partial charge >= 0.3 is 6.61 Å². The Morgan fingerprint density at radius 1 is 0.833 bits per heavy atom. The van der Waals surface area contributed by atoms with Gasteiger partial charge in [0, 0.05) is 20.1 Å². The van der Waals surface area contributed by atoms with Gasteiger partial charge < -0.3 is 29.6 Å². The molecule has 0 amide bonds. The molecule has 2 aromatic rings. The Hall–Kier alpha value is -2.50. The maximum Gasteiger partial charge on any atom is 0.387 e. The number of aliphatic imine (C=N–C) groups is 1. The van der Waals surface area contributed by atoms with E-state index in [1.807, 2.05) is 18.2 Å². The first-order valence-electron chi connectivity index (χ1n) is 8.77. The summed E-state index contributed by atoms with van der Waals surface area (Å²) < 4.78 is 45.2. The summed E-state index contributed by atoms with van der Waals surface area (Å²) >= 11 is 0. The van der Waals surface area contributed by atoms with Crippen molar-refractivity contribution in [3.63, 3.8) is 0 Å². The highest BCUT2D eigenvalue weighted by atomic mass is 127. The Morgan fingerprint density at radius 2 is 1.30 bits per heavy atom. The fraction of sp³-hybridized carbons (Fsp3) is 0.350. The highest BCUT2D eigenvalue weighted by Gasteiger charge is 2.11. The van der Waals surface area contributed by atoms with Crippen LogP contribution in [0.5, 0.6) is 23.0 Å². The molecular formula is C20H26F2IN3O4. The Kier molecular flexibility index (Phi) is 11.0. The molecule has 7 nitrogen and oxygen atoms in total. The molecule has 2 N–H and O–H groups in total. The van der Waals surface area contributed by atoms with Gasteiger partial charge in [0.15, 0.2) is 29.0 Å². The molecule has 0 bridgehead atoms. The summed E-state index contributed by atoms with van der Waals surface area (Å²) in [5, 5.41) is 6.30. The van der Waals surface area contributed by atoms with Crippen molar-refractivity contribution in [2.75, 3.05) is 28.4 Å². The highest BCUT2D eigenvalue weighted by molar-refractivity contribution is 14.0. The molecule has 0 fully saturated rings. The lowest BCUT2D eigenvalue weighted by molar-refractivity contribution is -0.0512. The lowest BCUT2D eigenvalue weighted by Gasteiger charge is -2.15. The van der Waals surface area contributed by atoms with Crippen LogP contribution in [0.3, 0.4) is 0 Å². The van der Waals surface area contributed by atoms with Crippen molar-refractivity contribution in [2.45, 2.75) is 19.7 Å². The van der Waals surface area contributed by atoms with Crippen LogP contribution in [0.2, 0.25) is 0 Å². The molecule has 166 valence electrons. The number of nitrogens with zero attached hydrogens (tertiary/aromatic N) is 1. The summed E-state index contributed by atoms with van der Waals surface area (Å²) in [4.78, 5) is 4.16. The highest BCUT2D eigenvalue weighted by Crippen LogP contribution is 2.29. The first-order chi connectivity index (χ1) is 14.0. The summed E-state index contributed by atoms with van der Waals surface area (Å²) in [6.07, 6.45) is 0.